The summed E-state index contributed by atoms with van der Waals surface area (Å²) in [6, 6.07) is 9.07. The third-order valence-corrected chi connectivity index (χ3v) is 3.42. The zero-order chi connectivity index (χ0) is 16.2. The number of aromatic amines is 1. The molecule has 0 aliphatic rings. The smallest absolute Gasteiger partial charge is 0.308 e. The fraction of sp³-hybridized carbons (Fsp3) is 0.250. The summed E-state index contributed by atoms with van der Waals surface area (Å²) in [5, 5.41) is 2.77. The van der Waals surface area contributed by atoms with Gasteiger partial charge in [0.25, 0.3) is 5.91 Å². The van der Waals surface area contributed by atoms with Gasteiger partial charge in [-0.2, -0.15) is 0 Å². The number of hydrogen-bond donors (Lipinski definition) is 2. The number of ether oxygens (including phenoxy) is 1. The van der Waals surface area contributed by atoms with Gasteiger partial charge in [0.15, 0.2) is 0 Å². The lowest BCUT2D eigenvalue weighted by molar-refractivity contribution is -0.142. The number of rotatable bonds is 5. The van der Waals surface area contributed by atoms with Gasteiger partial charge in [-0.3, -0.25) is 9.59 Å². The van der Waals surface area contributed by atoms with E-state index in [9.17, 15) is 14.0 Å². The number of halogens is 1. The van der Waals surface area contributed by atoms with Gasteiger partial charge in [0.2, 0.25) is 0 Å². The number of hydrogen-bond acceptors (Lipinski definition) is 3. The lowest BCUT2D eigenvalue weighted by atomic mass is 9.88. The van der Waals surface area contributed by atoms with Crippen molar-refractivity contribution in [3.05, 3.63) is 59.7 Å². The Hall–Kier alpha value is -2.63. The van der Waals surface area contributed by atoms with Crippen LogP contribution in [-0.2, 0) is 15.1 Å². The second kappa shape index (κ2) is 6.43. The van der Waals surface area contributed by atoms with E-state index in [4.69, 9.17) is 0 Å². The predicted molar refractivity (Wildman–Crippen MR) is 78.6 cm³/mol. The molecule has 0 aliphatic heterocycles. The Balaban J connectivity index is 2.33. The first-order valence-electron chi connectivity index (χ1n) is 6.73. The minimum Gasteiger partial charge on any atom is -0.469 e. The molecule has 0 fully saturated rings. The monoisotopic (exact) mass is 304 g/mol. The molecule has 1 atom stereocenters. The minimum absolute atomic E-state index is 0.112. The highest BCUT2D eigenvalue weighted by atomic mass is 19.1. The van der Waals surface area contributed by atoms with E-state index in [1.54, 1.807) is 31.3 Å². The molecule has 1 heterocycles. The standard InChI is InChI=1S/C16H17FN2O3/c1-16(10-14(20)22-2,11-5-3-6-12(17)9-11)19-15(21)13-7-4-8-18-13/h3-9,18H,10H2,1-2H3,(H,19,21)/t16-/m1/s1. The summed E-state index contributed by atoms with van der Waals surface area (Å²) in [5.74, 6) is -1.33. The number of carbonyl (C=O) groups excluding carboxylic acids is 2. The number of benzene rings is 1. The van der Waals surface area contributed by atoms with Crippen LogP contribution in [0.2, 0.25) is 0 Å². The van der Waals surface area contributed by atoms with E-state index >= 15 is 0 Å². The molecule has 5 nitrogen and oxygen atoms in total. The van der Waals surface area contributed by atoms with E-state index in [1.165, 1.54) is 25.3 Å². The van der Waals surface area contributed by atoms with Gasteiger partial charge in [-0.1, -0.05) is 12.1 Å². The molecule has 1 aromatic carbocycles. The van der Waals surface area contributed by atoms with Gasteiger partial charge < -0.3 is 15.0 Å². The third-order valence-electron chi connectivity index (χ3n) is 3.42. The first kappa shape index (κ1) is 15.8. The zero-order valence-electron chi connectivity index (χ0n) is 12.4. The van der Waals surface area contributed by atoms with Crippen molar-refractivity contribution in [2.45, 2.75) is 18.9 Å². The lowest BCUT2D eigenvalue weighted by Gasteiger charge is -2.30. The van der Waals surface area contributed by atoms with Gasteiger partial charge >= 0.3 is 5.97 Å². The van der Waals surface area contributed by atoms with Crippen LogP contribution in [-0.4, -0.2) is 24.0 Å². The second-order valence-electron chi connectivity index (χ2n) is 5.13. The number of amides is 1. The van der Waals surface area contributed by atoms with Crippen LogP contribution in [0.25, 0.3) is 0 Å². The maximum absolute atomic E-state index is 13.5. The summed E-state index contributed by atoms with van der Waals surface area (Å²) >= 11 is 0. The summed E-state index contributed by atoms with van der Waals surface area (Å²) < 4.78 is 18.2. The fourth-order valence-corrected chi connectivity index (χ4v) is 2.20. The number of carbonyl (C=O) groups is 2. The van der Waals surface area contributed by atoms with E-state index < -0.39 is 17.3 Å². The van der Waals surface area contributed by atoms with E-state index in [0.717, 1.165) is 0 Å². The second-order valence-corrected chi connectivity index (χ2v) is 5.13. The van der Waals surface area contributed by atoms with Gasteiger partial charge in [0.1, 0.15) is 11.5 Å². The Morgan fingerprint density at radius 1 is 1.32 bits per heavy atom. The van der Waals surface area contributed by atoms with Crippen LogP contribution in [0.1, 0.15) is 29.4 Å². The van der Waals surface area contributed by atoms with Crippen molar-refractivity contribution in [3.63, 3.8) is 0 Å². The summed E-state index contributed by atoms with van der Waals surface area (Å²) in [6.07, 6.45) is 1.51. The molecule has 0 spiro atoms. The Kier molecular flexibility index (Phi) is 4.60. The quantitative estimate of drug-likeness (QED) is 0.833. The molecule has 0 unspecified atom stereocenters. The zero-order valence-corrected chi connectivity index (χ0v) is 12.4. The molecule has 22 heavy (non-hydrogen) atoms. The number of nitrogens with one attached hydrogen (secondary N) is 2. The van der Waals surface area contributed by atoms with Crippen LogP contribution in [0.4, 0.5) is 4.39 Å². The van der Waals surface area contributed by atoms with Crippen LogP contribution in [0, 0.1) is 5.82 Å². The van der Waals surface area contributed by atoms with Gasteiger partial charge in [-0.15, -0.1) is 0 Å². The molecule has 116 valence electrons. The molecule has 1 aromatic heterocycles. The highest BCUT2D eigenvalue weighted by Crippen LogP contribution is 2.26. The average Bonchev–Trinajstić information content (AvgIpc) is 3.01. The molecule has 2 N–H and O–H groups in total. The molecule has 2 rings (SSSR count). The molecule has 0 saturated carbocycles. The normalized spacial score (nSPS) is 13.2. The first-order valence-corrected chi connectivity index (χ1v) is 6.73. The topological polar surface area (TPSA) is 71.2 Å². The lowest BCUT2D eigenvalue weighted by Crippen LogP contribution is -2.45. The van der Waals surface area contributed by atoms with Crippen LogP contribution < -0.4 is 5.32 Å². The van der Waals surface area contributed by atoms with Gasteiger partial charge in [-0.05, 0) is 36.8 Å². The van der Waals surface area contributed by atoms with Crippen molar-refractivity contribution >= 4 is 11.9 Å². The van der Waals surface area contributed by atoms with Crippen molar-refractivity contribution in [2.24, 2.45) is 0 Å². The Bertz CT molecular complexity index is 670. The molecule has 6 heteroatoms. The number of aromatic nitrogens is 1. The average molecular weight is 304 g/mol. The van der Waals surface area contributed by atoms with Crippen molar-refractivity contribution in [3.8, 4) is 0 Å². The van der Waals surface area contributed by atoms with Crippen molar-refractivity contribution in [1.29, 1.82) is 0 Å². The SMILES string of the molecule is COC(=O)C[C@@](C)(NC(=O)c1ccc[nH]1)c1cccc(F)c1. The largest absolute Gasteiger partial charge is 0.469 e. The summed E-state index contributed by atoms with van der Waals surface area (Å²) in [4.78, 5) is 26.7. The maximum Gasteiger partial charge on any atom is 0.308 e. The molecular formula is C16H17FN2O3. The van der Waals surface area contributed by atoms with Crippen LogP contribution in [0.3, 0.4) is 0 Å². The molecular weight excluding hydrogens is 287 g/mol. The number of H-pyrrole nitrogens is 1. The maximum atomic E-state index is 13.5. The molecule has 0 aliphatic carbocycles. The molecule has 0 bridgehead atoms. The van der Waals surface area contributed by atoms with E-state index in [0.29, 0.717) is 11.3 Å². The van der Waals surface area contributed by atoms with Crippen LogP contribution in [0.5, 0.6) is 0 Å². The Labute approximate surface area is 127 Å². The molecule has 0 radical (unpaired) electrons. The highest BCUT2D eigenvalue weighted by molar-refractivity contribution is 5.93. The van der Waals surface area contributed by atoms with Crippen LogP contribution in [0.15, 0.2) is 42.6 Å². The molecule has 2 aromatic rings. The highest BCUT2D eigenvalue weighted by Gasteiger charge is 2.32. The van der Waals surface area contributed by atoms with Crippen molar-refractivity contribution in [1.82, 2.24) is 10.3 Å². The van der Waals surface area contributed by atoms with Gasteiger partial charge in [0.05, 0.1) is 19.1 Å². The van der Waals surface area contributed by atoms with Crippen molar-refractivity contribution < 1.29 is 18.7 Å². The molecule has 1 amide bonds. The Morgan fingerprint density at radius 2 is 2.09 bits per heavy atom. The summed E-state index contributed by atoms with van der Waals surface area (Å²) in [6.45, 7) is 1.65. The predicted octanol–water partition coefficient (Wildman–Crippen LogP) is 2.36. The van der Waals surface area contributed by atoms with E-state index in [1.807, 2.05) is 0 Å². The number of methoxy groups -OCH3 is 1. The fourth-order valence-electron chi connectivity index (χ4n) is 2.20. The third kappa shape index (κ3) is 3.52. The van der Waals surface area contributed by atoms with Crippen LogP contribution >= 0.6 is 0 Å². The molecule has 0 saturated heterocycles. The van der Waals surface area contributed by atoms with Gasteiger partial charge in [0, 0.05) is 6.20 Å². The first-order chi connectivity index (χ1) is 10.4. The van der Waals surface area contributed by atoms with E-state index in [2.05, 4.69) is 15.0 Å². The van der Waals surface area contributed by atoms with E-state index in [-0.39, 0.29) is 12.3 Å². The van der Waals surface area contributed by atoms with Crippen molar-refractivity contribution in [2.75, 3.05) is 7.11 Å². The minimum atomic E-state index is -1.09. The summed E-state index contributed by atoms with van der Waals surface area (Å²) in [7, 11) is 1.27. The summed E-state index contributed by atoms with van der Waals surface area (Å²) in [5.41, 5.74) is -0.248. The number of esters is 1. The Morgan fingerprint density at radius 3 is 2.68 bits per heavy atom. The van der Waals surface area contributed by atoms with Gasteiger partial charge in [-0.25, -0.2) is 4.39 Å².